The van der Waals surface area contributed by atoms with Crippen LogP contribution >= 0.6 is 11.3 Å². The van der Waals surface area contributed by atoms with E-state index in [4.69, 9.17) is 4.74 Å². The molecule has 11 heteroatoms. The number of hydrogen-bond acceptors (Lipinski definition) is 8. The van der Waals surface area contributed by atoms with E-state index in [0.29, 0.717) is 51.3 Å². The van der Waals surface area contributed by atoms with E-state index in [1.165, 1.54) is 37.0 Å². The number of anilines is 1. The Kier molecular flexibility index (Phi) is 8.57. The van der Waals surface area contributed by atoms with Crippen molar-refractivity contribution in [1.29, 1.82) is 0 Å². The van der Waals surface area contributed by atoms with Gasteiger partial charge in [0.2, 0.25) is 21.8 Å². The number of rotatable bonds is 9. The van der Waals surface area contributed by atoms with Crippen LogP contribution in [0.3, 0.4) is 0 Å². The molecule has 1 aliphatic carbocycles. The summed E-state index contributed by atoms with van der Waals surface area (Å²) < 4.78 is 33.8. The van der Waals surface area contributed by atoms with Crippen molar-refractivity contribution in [3.8, 4) is 5.88 Å². The topological polar surface area (TPSA) is 105 Å². The number of fused-ring (bicyclic) bond motifs is 1. The van der Waals surface area contributed by atoms with E-state index >= 15 is 0 Å². The summed E-state index contributed by atoms with van der Waals surface area (Å²) in [7, 11) is -2.01. The molecule has 2 saturated heterocycles. The number of pyridine rings is 1. The summed E-state index contributed by atoms with van der Waals surface area (Å²) in [6.07, 6.45) is 9.62. The van der Waals surface area contributed by atoms with E-state index in [1.54, 1.807) is 29.6 Å². The molecule has 1 N–H and O–H groups in total. The molecule has 1 saturated carbocycles. The zero-order valence-electron chi connectivity index (χ0n) is 23.6. The number of piperidine rings is 1. The van der Waals surface area contributed by atoms with E-state index in [-0.39, 0.29) is 11.8 Å². The Bertz CT molecular complexity index is 1460. The Morgan fingerprint density at radius 2 is 1.68 bits per heavy atom. The minimum atomic E-state index is -3.57. The van der Waals surface area contributed by atoms with Crippen molar-refractivity contribution in [3.63, 3.8) is 0 Å². The summed E-state index contributed by atoms with van der Waals surface area (Å²) >= 11 is 1.32. The molecule has 0 bridgehead atoms. The second-order valence-electron chi connectivity index (χ2n) is 11.6. The van der Waals surface area contributed by atoms with E-state index in [9.17, 15) is 13.2 Å². The van der Waals surface area contributed by atoms with Crippen LogP contribution in [0.15, 0.2) is 41.3 Å². The number of aromatic nitrogens is 2. The van der Waals surface area contributed by atoms with Crippen molar-refractivity contribution in [2.75, 3.05) is 38.6 Å². The SMILES string of the molecule is COc1ccc2nc(NC(=O)C(CC3CCCC3)c3ccc(S(=O)(=O)N4CCC(N5CCCC5)CC4)cc3)sc2n1. The number of ether oxygens (including phenoxy) is 1. The predicted molar refractivity (Wildman–Crippen MR) is 161 cm³/mol. The third-order valence-corrected chi connectivity index (χ3v) is 11.8. The number of hydrogen-bond donors (Lipinski definition) is 1. The summed E-state index contributed by atoms with van der Waals surface area (Å²) in [6, 6.07) is 11.1. The summed E-state index contributed by atoms with van der Waals surface area (Å²) in [6.45, 7) is 3.39. The lowest BCUT2D eigenvalue weighted by Gasteiger charge is -2.36. The van der Waals surface area contributed by atoms with Gasteiger partial charge in [-0.2, -0.15) is 4.31 Å². The van der Waals surface area contributed by atoms with E-state index in [0.717, 1.165) is 50.8 Å². The molecule has 1 unspecified atom stereocenters. The number of carbonyl (C=O) groups is 1. The molecule has 1 atom stereocenters. The van der Waals surface area contributed by atoms with E-state index < -0.39 is 10.0 Å². The molecule has 3 fully saturated rings. The Balaban J connectivity index is 1.17. The van der Waals surface area contributed by atoms with Crippen LogP contribution in [0.2, 0.25) is 0 Å². The fraction of sp³-hybridized carbons (Fsp3) is 0.567. The van der Waals surface area contributed by atoms with Crippen LogP contribution in [0.5, 0.6) is 5.88 Å². The van der Waals surface area contributed by atoms with Crippen molar-refractivity contribution in [1.82, 2.24) is 19.2 Å². The molecule has 2 aliphatic heterocycles. The zero-order valence-corrected chi connectivity index (χ0v) is 25.3. The van der Waals surface area contributed by atoms with Gasteiger partial charge in [-0.15, -0.1) is 0 Å². The van der Waals surface area contributed by atoms with Crippen molar-refractivity contribution in [3.05, 3.63) is 42.0 Å². The first-order chi connectivity index (χ1) is 19.9. The quantitative estimate of drug-likeness (QED) is 0.359. The van der Waals surface area contributed by atoms with Crippen molar-refractivity contribution in [2.45, 2.75) is 74.6 Å². The van der Waals surface area contributed by atoms with Gasteiger partial charge in [-0.1, -0.05) is 49.2 Å². The van der Waals surface area contributed by atoms with Gasteiger partial charge in [0.15, 0.2) is 5.13 Å². The highest BCUT2D eigenvalue weighted by Crippen LogP contribution is 2.36. The van der Waals surface area contributed by atoms with Crippen molar-refractivity contribution >= 4 is 42.7 Å². The Hall–Kier alpha value is -2.60. The maximum atomic E-state index is 13.6. The number of thiazole rings is 1. The van der Waals surface area contributed by atoms with Gasteiger partial charge in [-0.25, -0.2) is 18.4 Å². The minimum Gasteiger partial charge on any atom is -0.481 e. The van der Waals surface area contributed by atoms with Gasteiger partial charge in [0, 0.05) is 25.2 Å². The Morgan fingerprint density at radius 3 is 2.37 bits per heavy atom. The third-order valence-electron chi connectivity index (χ3n) is 9.03. The lowest BCUT2D eigenvalue weighted by atomic mass is 9.87. The van der Waals surface area contributed by atoms with Gasteiger partial charge in [0.1, 0.15) is 10.3 Å². The number of nitrogens with zero attached hydrogens (tertiary/aromatic N) is 4. The summed E-state index contributed by atoms with van der Waals surface area (Å²) in [5.41, 5.74) is 1.54. The van der Waals surface area contributed by atoms with Gasteiger partial charge in [0.25, 0.3) is 0 Å². The number of amides is 1. The first kappa shape index (κ1) is 28.5. The van der Waals surface area contributed by atoms with Crippen LogP contribution < -0.4 is 10.1 Å². The number of likely N-dealkylation sites (tertiary alicyclic amines) is 1. The smallest absolute Gasteiger partial charge is 0.243 e. The average Bonchev–Trinajstić information content (AvgIpc) is 3.78. The molecule has 220 valence electrons. The minimum absolute atomic E-state index is 0.123. The van der Waals surface area contributed by atoms with Crippen molar-refractivity contribution in [2.24, 2.45) is 5.92 Å². The largest absolute Gasteiger partial charge is 0.481 e. The van der Waals surface area contributed by atoms with Crippen LogP contribution in [0.1, 0.15) is 69.3 Å². The normalized spacial score (nSPS) is 20.5. The first-order valence-electron chi connectivity index (χ1n) is 14.9. The lowest BCUT2D eigenvalue weighted by molar-refractivity contribution is -0.118. The first-order valence-corrected chi connectivity index (χ1v) is 17.1. The lowest BCUT2D eigenvalue weighted by Crippen LogP contribution is -2.45. The van der Waals surface area contributed by atoms with Gasteiger partial charge in [-0.05, 0) is 74.9 Å². The van der Waals surface area contributed by atoms with Crippen LogP contribution in [-0.4, -0.2) is 72.8 Å². The van der Waals surface area contributed by atoms with Gasteiger partial charge < -0.3 is 15.0 Å². The second kappa shape index (κ2) is 12.3. The highest BCUT2D eigenvalue weighted by Gasteiger charge is 2.33. The average molecular weight is 598 g/mol. The molecular weight excluding hydrogens is 558 g/mol. The number of nitrogens with one attached hydrogen (secondary N) is 1. The fourth-order valence-electron chi connectivity index (χ4n) is 6.71. The molecule has 4 heterocycles. The molecule has 0 radical (unpaired) electrons. The Labute approximate surface area is 246 Å². The Morgan fingerprint density at radius 1 is 0.976 bits per heavy atom. The summed E-state index contributed by atoms with van der Waals surface area (Å²) in [4.78, 5) is 26.1. The molecule has 9 nitrogen and oxygen atoms in total. The molecule has 1 amide bonds. The highest BCUT2D eigenvalue weighted by atomic mass is 32.2. The summed E-state index contributed by atoms with van der Waals surface area (Å²) in [5, 5.41) is 3.52. The number of sulfonamides is 1. The van der Waals surface area contributed by atoms with Crippen LogP contribution in [0.4, 0.5) is 5.13 Å². The van der Waals surface area contributed by atoms with Crippen LogP contribution in [0, 0.1) is 5.92 Å². The third kappa shape index (κ3) is 6.28. The van der Waals surface area contributed by atoms with Gasteiger partial charge in [0.05, 0.1) is 17.9 Å². The number of methoxy groups -OCH3 is 1. The molecule has 0 spiro atoms. The monoisotopic (exact) mass is 597 g/mol. The maximum absolute atomic E-state index is 13.6. The predicted octanol–water partition coefficient (Wildman–Crippen LogP) is 5.25. The molecule has 1 aromatic carbocycles. The van der Waals surface area contributed by atoms with Crippen molar-refractivity contribution < 1.29 is 17.9 Å². The van der Waals surface area contributed by atoms with Crippen LogP contribution in [0.25, 0.3) is 10.3 Å². The van der Waals surface area contributed by atoms with Crippen LogP contribution in [-0.2, 0) is 14.8 Å². The fourth-order valence-corrected chi connectivity index (χ4v) is 9.01. The molecule has 2 aromatic heterocycles. The molecule has 3 aromatic rings. The molecule has 3 aliphatic rings. The standard InChI is InChI=1S/C30H39N5O4S2/c1-39-27-13-12-26-29(32-27)40-30(31-26)33-28(36)25(20-21-6-2-3-7-21)22-8-10-24(11-9-22)41(37,38)35-18-14-23(15-19-35)34-16-4-5-17-34/h8-13,21,23,25H,2-7,14-20H2,1H3,(H,31,33,36). The highest BCUT2D eigenvalue weighted by molar-refractivity contribution is 7.89. The maximum Gasteiger partial charge on any atom is 0.243 e. The number of benzene rings is 1. The molecule has 41 heavy (non-hydrogen) atoms. The second-order valence-corrected chi connectivity index (χ2v) is 14.5. The van der Waals surface area contributed by atoms with E-state index in [1.807, 2.05) is 18.2 Å². The molecule has 6 rings (SSSR count). The molecular formula is C30H39N5O4S2. The number of carbonyl (C=O) groups excluding carboxylic acids is 1. The van der Waals surface area contributed by atoms with Gasteiger partial charge >= 0.3 is 0 Å². The summed E-state index contributed by atoms with van der Waals surface area (Å²) in [5.74, 6) is 0.472. The van der Waals surface area contributed by atoms with Gasteiger partial charge in [-0.3, -0.25) is 4.79 Å². The van der Waals surface area contributed by atoms with E-state index in [2.05, 4.69) is 20.2 Å². The zero-order chi connectivity index (χ0) is 28.4.